The van der Waals surface area contributed by atoms with Gasteiger partial charge in [-0.05, 0) is 56.4 Å². The van der Waals surface area contributed by atoms with Gasteiger partial charge in [0.1, 0.15) is 54.6 Å². The second-order valence-electron chi connectivity index (χ2n) is 18.3. The van der Waals surface area contributed by atoms with Crippen molar-refractivity contribution in [3.63, 3.8) is 0 Å². The highest BCUT2D eigenvalue weighted by Crippen LogP contribution is 2.28. The van der Waals surface area contributed by atoms with Crippen LogP contribution in [0.1, 0.15) is 111 Å². The van der Waals surface area contributed by atoms with Crippen LogP contribution in [0.25, 0.3) is 0 Å². The number of cyclic esters (lactones) is 1. The SMILES string of the molecule is CCCCCC(=O)N[C@H](CC(=O)OC)C(=O)N[C@@H]1C(=O)N[C@@H](CCCN=C(N)N)C(=O)N[C@H]2CC[C@@H](OC)N(C2=O)[C@@H](C(C)C)C(=O)N(C)[C@@H](Cc2ccccc2)C(=O)N[C@@H]([C@@H](C)CC)C(=O)O[C@H]1C. The maximum absolute atomic E-state index is 14.9. The molecule has 0 unspecified atom stereocenters. The van der Waals surface area contributed by atoms with E-state index in [2.05, 4.69) is 31.6 Å². The van der Waals surface area contributed by atoms with Gasteiger partial charge in [-0.2, -0.15) is 0 Å². The number of unbranched alkanes of at least 4 members (excludes halogenated alkanes) is 2. The monoisotopic (exact) mass is 985 g/mol. The van der Waals surface area contributed by atoms with E-state index in [1.807, 2.05) is 6.92 Å². The molecule has 1 aromatic carbocycles. The molecule has 3 rings (SSSR count). The minimum absolute atomic E-state index is 0.000523. The summed E-state index contributed by atoms with van der Waals surface area (Å²) in [5.74, 6) is -8.59. The first-order chi connectivity index (χ1) is 33.2. The Morgan fingerprint density at radius 1 is 0.900 bits per heavy atom. The fourth-order valence-corrected chi connectivity index (χ4v) is 8.37. The van der Waals surface area contributed by atoms with Gasteiger partial charge in [-0.1, -0.05) is 84.2 Å². The predicted octanol–water partition coefficient (Wildman–Crippen LogP) is 0.288. The lowest BCUT2D eigenvalue weighted by molar-refractivity contribution is -0.171. The van der Waals surface area contributed by atoms with E-state index in [-0.39, 0.29) is 51.0 Å². The first-order valence-corrected chi connectivity index (χ1v) is 24.2. The molecule has 2 aliphatic rings. The summed E-state index contributed by atoms with van der Waals surface area (Å²) in [6.45, 7) is 10.3. The summed E-state index contributed by atoms with van der Waals surface area (Å²) in [6.07, 6.45) is -0.338. The highest BCUT2D eigenvalue weighted by molar-refractivity contribution is 5.99. The summed E-state index contributed by atoms with van der Waals surface area (Å²) in [5, 5.41) is 13.3. The molecule has 0 spiro atoms. The van der Waals surface area contributed by atoms with Gasteiger partial charge in [0.25, 0.3) is 0 Å². The molecule has 2 saturated heterocycles. The van der Waals surface area contributed by atoms with Crippen molar-refractivity contribution in [2.75, 3.05) is 27.8 Å². The first kappa shape index (κ1) is 58.0. The Hall–Kier alpha value is -6.32. The lowest BCUT2D eigenvalue weighted by atomic mass is 9.93. The third kappa shape index (κ3) is 16.7. The topological polar surface area (TPSA) is 312 Å². The lowest BCUT2D eigenvalue weighted by Gasteiger charge is -2.45. The van der Waals surface area contributed by atoms with Crippen LogP contribution in [0.3, 0.4) is 0 Å². The van der Waals surface area contributed by atoms with E-state index in [1.54, 1.807) is 58.0 Å². The summed E-state index contributed by atoms with van der Waals surface area (Å²) >= 11 is 0. The van der Waals surface area contributed by atoms with Crippen molar-refractivity contribution in [1.82, 2.24) is 36.4 Å². The van der Waals surface area contributed by atoms with Crippen LogP contribution in [0.4, 0.5) is 0 Å². The number of hydrogen-bond donors (Lipinski definition) is 7. The molecule has 22 heteroatoms. The average Bonchev–Trinajstić information content (AvgIpc) is 3.32. The second-order valence-corrected chi connectivity index (χ2v) is 18.3. The Morgan fingerprint density at radius 2 is 1.59 bits per heavy atom. The number of ether oxygens (including phenoxy) is 3. The molecular formula is C48H76N10O12. The van der Waals surface area contributed by atoms with E-state index in [0.29, 0.717) is 18.4 Å². The zero-order valence-corrected chi connectivity index (χ0v) is 42.1. The fourth-order valence-electron chi connectivity index (χ4n) is 8.37. The summed E-state index contributed by atoms with van der Waals surface area (Å²) in [4.78, 5) is 134. The minimum atomic E-state index is -1.80. The molecule has 7 amide bonds. The number of nitrogens with one attached hydrogen (secondary N) is 5. The van der Waals surface area contributed by atoms with Gasteiger partial charge in [0.15, 0.2) is 5.96 Å². The Kier molecular flexibility index (Phi) is 23.5. The van der Waals surface area contributed by atoms with E-state index in [9.17, 15) is 43.2 Å². The van der Waals surface area contributed by atoms with Gasteiger partial charge in [-0.3, -0.25) is 43.3 Å². The number of carbonyl (C=O) groups excluding carboxylic acids is 9. The quantitative estimate of drug-likeness (QED) is 0.0424. The zero-order chi connectivity index (χ0) is 52.2. The van der Waals surface area contributed by atoms with Crippen molar-refractivity contribution in [3.8, 4) is 0 Å². The Balaban J connectivity index is 2.26. The number of rotatable bonds is 19. The number of likely N-dealkylation sites (N-methyl/N-ethyl adjacent to an activating group) is 1. The standard InChI is InChI=1S/C48H76N10O12/c1-10-12-14-21-35(59)52-33(26-37(60)69-9)42(62)56-39-29(6)70-47(67)38(28(5)11-2)55-43(63)34(25-30-18-15-13-16-19-30)57(7)46(66)40(27(3)4)58-36(68-8)23-22-32(45(58)65)54-41(61)31(53-44(39)64)20-17-24-51-48(49)50/h13,15-16,18-19,27-29,31-34,36,38-40H,10-12,14,17,20-26H2,1-9H3,(H,52,59)(H,53,64)(H,54,61)(H,55,63)(H,56,62)(H4,49,50,51)/t28-,29-,31-,32-,33+,34-,36+,38-,39-,40-/m0/s1. The highest BCUT2D eigenvalue weighted by Gasteiger charge is 2.47. The summed E-state index contributed by atoms with van der Waals surface area (Å²) < 4.78 is 16.5. The van der Waals surface area contributed by atoms with Gasteiger partial charge in [0.05, 0.1) is 13.5 Å². The third-order valence-corrected chi connectivity index (χ3v) is 12.7. The van der Waals surface area contributed by atoms with Crippen LogP contribution in [0.5, 0.6) is 0 Å². The smallest absolute Gasteiger partial charge is 0.329 e. The van der Waals surface area contributed by atoms with Crippen molar-refractivity contribution in [3.05, 3.63) is 35.9 Å². The molecule has 0 aromatic heterocycles. The number of piperidine rings is 1. The summed E-state index contributed by atoms with van der Waals surface area (Å²) in [5.41, 5.74) is 11.8. The molecule has 10 atom stereocenters. The summed E-state index contributed by atoms with van der Waals surface area (Å²) in [6, 6.07) is -0.871. The van der Waals surface area contributed by atoms with E-state index in [0.717, 1.165) is 20.0 Å². The average molecular weight is 985 g/mol. The number of guanidine groups is 1. The number of hydrogen-bond acceptors (Lipinski definition) is 13. The molecule has 2 aliphatic heterocycles. The van der Waals surface area contributed by atoms with Gasteiger partial charge in [-0.15, -0.1) is 0 Å². The van der Waals surface area contributed by atoms with Crippen LogP contribution in [0.15, 0.2) is 35.3 Å². The Labute approximate surface area is 410 Å². The third-order valence-electron chi connectivity index (χ3n) is 12.7. The molecule has 1 aromatic rings. The van der Waals surface area contributed by atoms with Crippen molar-refractivity contribution < 1.29 is 57.4 Å². The fraction of sp³-hybridized carbons (Fsp3) is 0.667. The van der Waals surface area contributed by atoms with Gasteiger partial charge in [0.2, 0.25) is 41.4 Å². The number of fused-ring (bicyclic) bond motifs is 2. The van der Waals surface area contributed by atoms with E-state index < -0.39 is 126 Å². The van der Waals surface area contributed by atoms with Gasteiger partial charge < -0.3 is 62.1 Å². The maximum atomic E-state index is 14.9. The van der Waals surface area contributed by atoms with Gasteiger partial charge in [-0.25, -0.2) is 4.79 Å². The largest absolute Gasteiger partial charge is 0.469 e. The van der Waals surface area contributed by atoms with Crippen LogP contribution in [-0.2, 0) is 63.8 Å². The molecule has 0 aliphatic carbocycles. The number of esters is 2. The first-order valence-electron chi connectivity index (χ1n) is 24.2. The van der Waals surface area contributed by atoms with E-state index in [4.69, 9.17) is 25.7 Å². The Morgan fingerprint density at radius 3 is 2.19 bits per heavy atom. The van der Waals surface area contributed by atoms with E-state index in [1.165, 1.54) is 30.9 Å². The van der Waals surface area contributed by atoms with Crippen LogP contribution < -0.4 is 38.1 Å². The number of methoxy groups -OCH3 is 2. The molecule has 2 bridgehead atoms. The zero-order valence-electron chi connectivity index (χ0n) is 42.1. The number of carbonyl (C=O) groups is 9. The van der Waals surface area contributed by atoms with Crippen molar-refractivity contribution in [2.24, 2.45) is 28.3 Å². The molecule has 2 fully saturated rings. The molecule has 22 nitrogen and oxygen atoms in total. The number of amides is 7. The Bertz CT molecular complexity index is 2000. The molecule has 70 heavy (non-hydrogen) atoms. The lowest BCUT2D eigenvalue weighted by Crippen LogP contribution is -2.66. The molecular weight excluding hydrogens is 909 g/mol. The minimum Gasteiger partial charge on any atom is -0.469 e. The molecule has 0 saturated carbocycles. The number of nitrogens with zero attached hydrogens (tertiary/aromatic N) is 3. The summed E-state index contributed by atoms with van der Waals surface area (Å²) in [7, 11) is 3.94. The van der Waals surface area contributed by atoms with E-state index >= 15 is 0 Å². The van der Waals surface area contributed by atoms with Crippen LogP contribution in [0.2, 0.25) is 0 Å². The van der Waals surface area contributed by atoms with Gasteiger partial charge in [0, 0.05) is 33.5 Å². The molecule has 2 heterocycles. The van der Waals surface area contributed by atoms with Crippen molar-refractivity contribution in [2.45, 2.75) is 167 Å². The predicted molar refractivity (Wildman–Crippen MR) is 258 cm³/mol. The molecule has 390 valence electrons. The van der Waals surface area contributed by atoms with Crippen molar-refractivity contribution >= 4 is 59.2 Å². The highest BCUT2D eigenvalue weighted by atomic mass is 16.5. The number of aliphatic imine (C=N–C) groups is 1. The molecule has 9 N–H and O–H groups in total. The van der Waals surface area contributed by atoms with Crippen LogP contribution >= 0.6 is 0 Å². The maximum Gasteiger partial charge on any atom is 0.329 e. The van der Waals surface area contributed by atoms with Crippen LogP contribution in [-0.4, -0.2) is 151 Å². The number of benzene rings is 1. The second kappa shape index (κ2) is 28.4. The number of nitrogens with two attached hydrogens (primary N) is 2. The normalized spacial score (nSPS) is 24.9. The van der Waals surface area contributed by atoms with Crippen LogP contribution in [0, 0.1) is 11.8 Å². The van der Waals surface area contributed by atoms with Gasteiger partial charge >= 0.3 is 11.9 Å². The van der Waals surface area contributed by atoms with Crippen molar-refractivity contribution in [1.29, 1.82) is 0 Å². The molecule has 0 radical (unpaired) electrons.